The molecule has 1 saturated carbocycles. The Labute approximate surface area is 96.3 Å². The second kappa shape index (κ2) is 3.74. The third-order valence-corrected chi connectivity index (χ3v) is 3.10. The van der Waals surface area contributed by atoms with Crippen LogP contribution in [0.5, 0.6) is 0 Å². The predicted octanol–water partition coefficient (Wildman–Crippen LogP) is 2.83. The Morgan fingerprint density at radius 1 is 1.24 bits per heavy atom. The molecule has 1 aliphatic rings. The first kappa shape index (κ1) is 11.9. The molecule has 1 aromatic rings. The molecule has 0 bridgehead atoms. The zero-order valence-electron chi connectivity index (χ0n) is 8.83. The molecule has 0 radical (unpaired) electrons. The monoisotopic (exact) mass is 241 g/mol. The van der Waals surface area contributed by atoms with Crippen molar-refractivity contribution >= 4 is 0 Å². The average molecular weight is 241 g/mol. The maximum atomic E-state index is 12.3. The molecule has 0 heterocycles. The Balaban J connectivity index is 2.18. The molecule has 0 amide bonds. The van der Waals surface area contributed by atoms with E-state index in [9.17, 15) is 18.3 Å². The molecule has 1 fully saturated rings. The first-order valence-corrected chi connectivity index (χ1v) is 5.15. The molecule has 2 rings (SSSR count). The van der Waals surface area contributed by atoms with Crippen LogP contribution in [-0.2, 0) is 11.8 Å². The minimum atomic E-state index is -4.37. The second-order valence-electron chi connectivity index (χ2n) is 4.34. The van der Waals surface area contributed by atoms with Crippen LogP contribution in [0.4, 0.5) is 13.2 Å². The number of rotatable bonds is 1. The zero-order valence-corrected chi connectivity index (χ0v) is 8.83. The van der Waals surface area contributed by atoms with Gasteiger partial charge in [-0.15, -0.1) is 0 Å². The van der Waals surface area contributed by atoms with Gasteiger partial charge in [0.05, 0.1) is 23.2 Å². The Morgan fingerprint density at radius 2 is 1.76 bits per heavy atom. The number of nitriles is 1. The van der Waals surface area contributed by atoms with Crippen molar-refractivity contribution < 1.29 is 18.3 Å². The van der Waals surface area contributed by atoms with Crippen LogP contribution < -0.4 is 0 Å². The summed E-state index contributed by atoms with van der Waals surface area (Å²) in [6.45, 7) is 0. The summed E-state index contributed by atoms with van der Waals surface area (Å²) in [6.07, 6.45) is -3.79. The molecule has 90 valence electrons. The molecule has 0 aliphatic heterocycles. The second-order valence-corrected chi connectivity index (χ2v) is 4.34. The standard InChI is InChI=1S/C12H10F3NO/c13-12(14,15)10-3-1-9(2-4-10)11(17)5-8(6-11)7-16/h1-4,8,17H,5-6H2. The summed E-state index contributed by atoms with van der Waals surface area (Å²) in [5, 5.41) is 18.7. The fourth-order valence-corrected chi connectivity index (χ4v) is 2.05. The highest BCUT2D eigenvalue weighted by molar-refractivity contribution is 5.31. The smallest absolute Gasteiger partial charge is 0.385 e. The highest BCUT2D eigenvalue weighted by Crippen LogP contribution is 2.45. The lowest BCUT2D eigenvalue weighted by Crippen LogP contribution is -2.40. The van der Waals surface area contributed by atoms with Gasteiger partial charge in [0.15, 0.2) is 0 Å². The van der Waals surface area contributed by atoms with Crippen LogP contribution in [0.2, 0.25) is 0 Å². The highest BCUT2D eigenvalue weighted by atomic mass is 19.4. The van der Waals surface area contributed by atoms with Crippen molar-refractivity contribution in [3.63, 3.8) is 0 Å². The first-order chi connectivity index (χ1) is 7.85. The zero-order chi connectivity index (χ0) is 12.7. The van der Waals surface area contributed by atoms with Crippen molar-refractivity contribution in [1.82, 2.24) is 0 Å². The van der Waals surface area contributed by atoms with E-state index >= 15 is 0 Å². The summed E-state index contributed by atoms with van der Waals surface area (Å²) in [4.78, 5) is 0. The minimum absolute atomic E-state index is 0.206. The Bertz CT molecular complexity index is 452. The molecule has 1 aliphatic carbocycles. The van der Waals surface area contributed by atoms with Crippen LogP contribution in [-0.4, -0.2) is 5.11 Å². The molecule has 1 N–H and O–H groups in total. The molecule has 0 saturated heterocycles. The molecular weight excluding hydrogens is 231 g/mol. The van der Waals surface area contributed by atoms with Gasteiger partial charge in [0.25, 0.3) is 0 Å². The number of alkyl halides is 3. The van der Waals surface area contributed by atoms with Crippen LogP contribution in [0.15, 0.2) is 24.3 Å². The van der Waals surface area contributed by atoms with E-state index in [0.717, 1.165) is 12.1 Å². The summed E-state index contributed by atoms with van der Waals surface area (Å²) >= 11 is 0. The molecule has 1 aromatic carbocycles. The van der Waals surface area contributed by atoms with E-state index in [4.69, 9.17) is 5.26 Å². The topological polar surface area (TPSA) is 44.0 Å². The predicted molar refractivity (Wildman–Crippen MR) is 53.7 cm³/mol. The van der Waals surface area contributed by atoms with Gasteiger partial charge in [0, 0.05) is 0 Å². The van der Waals surface area contributed by atoms with E-state index < -0.39 is 17.3 Å². The van der Waals surface area contributed by atoms with Gasteiger partial charge in [-0.3, -0.25) is 0 Å². The Kier molecular flexibility index (Phi) is 2.63. The number of halogens is 3. The molecule has 0 unspecified atom stereocenters. The maximum Gasteiger partial charge on any atom is 0.416 e. The Hall–Kier alpha value is -1.54. The number of nitrogens with zero attached hydrogens (tertiary/aromatic N) is 1. The quantitative estimate of drug-likeness (QED) is 0.821. The number of benzene rings is 1. The van der Waals surface area contributed by atoms with E-state index in [2.05, 4.69) is 0 Å². The van der Waals surface area contributed by atoms with Gasteiger partial charge in [-0.1, -0.05) is 12.1 Å². The largest absolute Gasteiger partial charge is 0.416 e. The lowest BCUT2D eigenvalue weighted by atomic mass is 9.68. The van der Waals surface area contributed by atoms with Gasteiger partial charge in [0.2, 0.25) is 0 Å². The van der Waals surface area contributed by atoms with Crippen molar-refractivity contribution in [2.24, 2.45) is 5.92 Å². The summed E-state index contributed by atoms with van der Waals surface area (Å²) in [5.41, 5.74) is -1.43. The van der Waals surface area contributed by atoms with Crippen molar-refractivity contribution in [2.45, 2.75) is 24.6 Å². The van der Waals surface area contributed by atoms with Crippen LogP contribution in [0, 0.1) is 17.2 Å². The summed E-state index contributed by atoms with van der Waals surface area (Å²) in [7, 11) is 0. The number of hydrogen-bond donors (Lipinski definition) is 1. The van der Waals surface area contributed by atoms with Gasteiger partial charge >= 0.3 is 6.18 Å². The van der Waals surface area contributed by atoms with E-state index in [1.54, 1.807) is 0 Å². The first-order valence-electron chi connectivity index (χ1n) is 5.15. The van der Waals surface area contributed by atoms with Gasteiger partial charge in [-0.2, -0.15) is 18.4 Å². The van der Waals surface area contributed by atoms with E-state index in [0.29, 0.717) is 5.56 Å². The van der Waals surface area contributed by atoms with Gasteiger partial charge in [-0.05, 0) is 30.5 Å². The van der Waals surface area contributed by atoms with Crippen LogP contribution in [0.25, 0.3) is 0 Å². The maximum absolute atomic E-state index is 12.3. The minimum Gasteiger partial charge on any atom is -0.385 e. The van der Waals surface area contributed by atoms with Crippen molar-refractivity contribution in [3.05, 3.63) is 35.4 Å². The number of aliphatic hydroxyl groups is 1. The average Bonchev–Trinajstić information content (AvgIpc) is 2.23. The molecule has 17 heavy (non-hydrogen) atoms. The van der Waals surface area contributed by atoms with Crippen molar-refractivity contribution in [2.75, 3.05) is 0 Å². The van der Waals surface area contributed by atoms with Gasteiger partial charge in [0.1, 0.15) is 0 Å². The van der Waals surface area contributed by atoms with Gasteiger partial charge in [-0.25, -0.2) is 0 Å². The van der Waals surface area contributed by atoms with Crippen LogP contribution >= 0.6 is 0 Å². The van der Waals surface area contributed by atoms with Crippen molar-refractivity contribution in [3.8, 4) is 6.07 Å². The van der Waals surface area contributed by atoms with E-state index in [1.165, 1.54) is 12.1 Å². The molecule has 2 nitrogen and oxygen atoms in total. The Morgan fingerprint density at radius 3 is 2.18 bits per heavy atom. The fourth-order valence-electron chi connectivity index (χ4n) is 2.05. The van der Waals surface area contributed by atoms with E-state index in [1.807, 2.05) is 6.07 Å². The normalized spacial score (nSPS) is 28.3. The fraction of sp³-hybridized carbons (Fsp3) is 0.417. The molecular formula is C12H10F3NO. The van der Waals surface area contributed by atoms with Gasteiger partial charge < -0.3 is 5.11 Å². The number of hydrogen-bond acceptors (Lipinski definition) is 2. The highest BCUT2D eigenvalue weighted by Gasteiger charge is 2.44. The lowest BCUT2D eigenvalue weighted by molar-refractivity contribution is -0.137. The summed E-state index contributed by atoms with van der Waals surface area (Å²) < 4.78 is 37.0. The van der Waals surface area contributed by atoms with Crippen LogP contribution in [0.3, 0.4) is 0 Å². The molecule has 0 atom stereocenters. The summed E-state index contributed by atoms with van der Waals surface area (Å²) in [5.74, 6) is -0.206. The summed E-state index contributed by atoms with van der Waals surface area (Å²) in [6, 6.07) is 6.47. The third kappa shape index (κ3) is 2.13. The lowest BCUT2D eigenvalue weighted by Gasteiger charge is -2.40. The van der Waals surface area contributed by atoms with Crippen LogP contribution in [0.1, 0.15) is 24.0 Å². The molecule has 0 spiro atoms. The van der Waals surface area contributed by atoms with E-state index in [-0.39, 0.29) is 18.8 Å². The van der Waals surface area contributed by atoms with Crippen molar-refractivity contribution in [1.29, 1.82) is 5.26 Å². The molecule has 0 aromatic heterocycles. The SMILES string of the molecule is N#CC1CC(O)(c2ccc(C(F)(F)F)cc2)C1. The molecule has 5 heteroatoms. The third-order valence-electron chi connectivity index (χ3n) is 3.10.